The zero-order valence-corrected chi connectivity index (χ0v) is 21.9. The molecule has 1 unspecified atom stereocenters. The lowest BCUT2D eigenvalue weighted by molar-refractivity contribution is -0.0149. The number of halogens is 1. The van der Waals surface area contributed by atoms with Crippen molar-refractivity contribution in [2.45, 2.75) is 71.9 Å². The summed E-state index contributed by atoms with van der Waals surface area (Å²) in [5, 5.41) is 3.48. The van der Waals surface area contributed by atoms with Crippen LogP contribution in [0.2, 0.25) is 0 Å². The number of ether oxygens (including phenoxy) is 2. The SMILES string of the molecule is CC(C)(C)OCc1cccc(CNC2=NCC3CN(C(=O)OC(C)(C)C)CCN23)c1.I. The number of carbonyl (C=O) groups excluding carboxylic acids is 1. The van der Waals surface area contributed by atoms with E-state index >= 15 is 0 Å². The molecule has 1 fully saturated rings. The van der Waals surface area contributed by atoms with Crippen molar-refractivity contribution in [2.75, 3.05) is 26.2 Å². The summed E-state index contributed by atoms with van der Waals surface area (Å²) in [5.74, 6) is 0.917. The summed E-state index contributed by atoms with van der Waals surface area (Å²) in [4.78, 5) is 21.1. The monoisotopic (exact) mass is 544 g/mol. The first-order valence-corrected chi connectivity index (χ1v) is 10.7. The normalized spacial score (nSPS) is 18.8. The fourth-order valence-electron chi connectivity index (χ4n) is 3.53. The molecule has 2 aliphatic heterocycles. The molecule has 0 saturated carbocycles. The molecule has 31 heavy (non-hydrogen) atoms. The van der Waals surface area contributed by atoms with Gasteiger partial charge in [-0.05, 0) is 52.7 Å². The van der Waals surface area contributed by atoms with E-state index in [1.165, 1.54) is 11.1 Å². The van der Waals surface area contributed by atoms with Crippen LogP contribution in [0.25, 0.3) is 0 Å². The second-order valence-electron chi connectivity index (χ2n) is 10.0. The van der Waals surface area contributed by atoms with Crippen LogP contribution in [0.1, 0.15) is 52.7 Å². The molecule has 1 saturated heterocycles. The molecule has 1 amide bonds. The topological polar surface area (TPSA) is 66.4 Å². The minimum Gasteiger partial charge on any atom is -0.444 e. The molecule has 1 atom stereocenters. The molecule has 0 aliphatic carbocycles. The van der Waals surface area contributed by atoms with Gasteiger partial charge in [0.15, 0.2) is 5.96 Å². The van der Waals surface area contributed by atoms with Gasteiger partial charge in [-0.15, -0.1) is 24.0 Å². The van der Waals surface area contributed by atoms with Crippen LogP contribution in [0.15, 0.2) is 29.3 Å². The van der Waals surface area contributed by atoms with Crippen molar-refractivity contribution >= 4 is 36.0 Å². The van der Waals surface area contributed by atoms with Crippen molar-refractivity contribution in [3.05, 3.63) is 35.4 Å². The quantitative estimate of drug-likeness (QED) is 0.581. The van der Waals surface area contributed by atoms with Gasteiger partial charge in [-0.25, -0.2) is 4.79 Å². The van der Waals surface area contributed by atoms with Gasteiger partial charge in [0.2, 0.25) is 0 Å². The number of nitrogens with one attached hydrogen (secondary N) is 1. The fraction of sp³-hybridized carbons (Fsp3) is 0.652. The molecule has 0 aromatic heterocycles. The van der Waals surface area contributed by atoms with Crippen molar-refractivity contribution in [3.63, 3.8) is 0 Å². The lowest BCUT2D eigenvalue weighted by Gasteiger charge is -2.39. The fourth-order valence-corrected chi connectivity index (χ4v) is 3.53. The predicted molar refractivity (Wildman–Crippen MR) is 134 cm³/mol. The largest absolute Gasteiger partial charge is 0.444 e. The average molecular weight is 544 g/mol. The van der Waals surface area contributed by atoms with E-state index in [0.717, 1.165) is 12.5 Å². The highest BCUT2D eigenvalue weighted by molar-refractivity contribution is 14.0. The molecule has 2 aliphatic rings. The Hall–Kier alpha value is -1.55. The molecule has 2 heterocycles. The molecule has 1 aromatic rings. The number of nitrogens with zero attached hydrogens (tertiary/aromatic N) is 3. The van der Waals surface area contributed by atoms with Crippen LogP contribution in [0, 0.1) is 0 Å². The van der Waals surface area contributed by atoms with Crippen molar-refractivity contribution in [2.24, 2.45) is 4.99 Å². The van der Waals surface area contributed by atoms with Crippen molar-refractivity contribution in [3.8, 4) is 0 Å². The summed E-state index contributed by atoms with van der Waals surface area (Å²) in [6.45, 7) is 15.9. The van der Waals surface area contributed by atoms with E-state index < -0.39 is 5.60 Å². The molecular weight excluding hydrogens is 507 g/mol. The number of hydrogen-bond donors (Lipinski definition) is 1. The number of hydrogen-bond acceptors (Lipinski definition) is 6. The first kappa shape index (κ1) is 25.7. The zero-order valence-electron chi connectivity index (χ0n) is 19.6. The highest BCUT2D eigenvalue weighted by Gasteiger charge is 2.36. The maximum atomic E-state index is 12.4. The number of aliphatic imine (C=N–C) groups is 1. The Labute approximate surface area is 203 Å². The second-order valence-corrected chi connectivity index (χ2v) is 10.0. The molecule has 1 N–H and O–H groups in total. The van der Waals surface area contributed by atoms with Gasteiger partial charge in [-0.3, -0.25) is 4.99 Å². The molecule has 1 aromatic carbocycles. The summed E-state index contributed by atoms with van der Waals surface area (Å²) in [6, 6.07) is 8.65. The van der Waals surface area contributed by atoms with Gasteiger partial charge in [-0.2, -0.15) is 0 Å². The second kappa shape index (κ2) is 10.4. The Kier molecular flexibility index (Phi) is 8.61. The summed E-state index contributed by atoms with van der Waals surface area (Å²) >= 11 is 0. The van der Waals surface area contributed by atoms with E-state index in [9.17, 15) is 4.79 Å². The minimum atomic E-state index is -0.473. The number of piperazine rings is 1. The van der Waals surface area contributed by atoms with Crippen LogP contribution < -0.4 is 5.32 Å². The lowest BCUT2D eigenvalue weighted by Crippen LogP contribution is -2.57. The third-order valence-electron chi connectivity index (χ3n) is 4.97. The van der Waals surface area contributed by atoms with E-state index in [-0.39, 0.29) is 41.7 Å². The standard InChI is InChI=1S/C23H36N4O3.HI/c1-22(2,3)29-16-18-9-7-8-17(12-18)13-24-20-25-14-19-15-26(10-11-27(19)20)21(28)30-23(4,5)6;/h7-9,12,19H,10-11,13-16H2,1-6H3,(H,24,25);1H. The maximum absolute atomic E-state index is 12.4. The highest BCUT2D eigenvalue weighted by atomic mass is 127. The van der Waals surface area contributed by atoms with Gasteiger partial charge in [0, 0.05) is 26.2 Å². The number of benzene rings is 1. The third kappa shape index (κ3) is 7.82. The average Bonchev–Trinajstić information content (AvgIpc) is 3.05. The van der Waals surface area contributed by atoms with Crippen LogP contribution in [-0.4, -0.2) is 65.3 Å². The number of amides is 1. The first-order valence-electron chi connectivity index (χ1n) is 10.7. The zero-order chi connectivity index (χ0) is 21.9. The number of fused-ring (bicyclic) bond motifs is 1. The molecule has 7 nitrogen and oxygen atoms in total. The minimum absolute atomic E-state index is 0. The third-order valence-corrected chi connectivity index (χ3v) is 4.97. The summed E-state index contributed by atoms with van der Waals surface area (Å²) in [5.41, 5.74) is 1.74. The number of guanidine groups is 1. The van der Waals surface area contributed by atoms with Crippen LogP contribution >= 0.6 is 24.0 Å². The van der Waals surface area contributed by atoms with E-state index in [1.54, 1.807) is 4.90 Å². The Morgan fingerprint density at radius 2 is 1.84 bits per heavy atom. The van der Waals surface area contributed by atoms with Gasteiger partial charge in [-0.1, -0.05) is 24.3 Å². The molecule has 0 bridgehead atoms. The van der Waals surface area contributed by atoms with E-state index in [4.69, 9.17) is 9.47 Å². The van der Waals surface area contributed by atoms with Gasteiger partial charge in [0.05, 0.1) is 24.8 Å². The molecule has 0 spiro atoms. The van der Waals surface area contributed by atoms with Crippen LogP contribution in [-0.2, 0) is 22.6 Å². The summed E-state index contributed by atoms with van der Waals surface area (Å²) < 4.78 is 11.4. The summed E-state index contributed by atoms with van der Waals surface area (Å²) in [6.07, 6.45) is -0.238. The Bertz CT molecular complexity index is 786. The molecule has 174 valence electrons. The smallest absolute Gasteiger partial charge is 0.410 e. The number of carbonyl (C=O) groups is 1. The van der Waals surface area contributed by atoms with Gasteiger partial charge >= 0.3 is 6.09 Å². The molecule has 8 heteroatoms. The highest BCUT2D eigenvalue weighted by Crippen LogP contribution is 2.19. The van der Waals surface area contributed by atoms with Crippen LogP contribution in [0.5, 0.6) is 0 Å². The van der Waals surface area contributed by atoms with Gasteiger partial charge in [0.25, 0.3) is 0 Å². The van der Waals surface area contributed by atoms with Crippen molar-refractivity contribution in [1.29, 1.82) is 0 Å². The Morgan fingerprint density at radius 3 is 2.52 bits per heavy atom. The summed E-state index contributed by atoms with van der Waals surface area (Å²) in [7, 11) is 0. The van der Waals surface area contributed by atoms with Crippen LogP contribution in [0.4, 0.5) is 4.79 Å². The van der Waals surface area contributed by atoms with E-state index in [1.807, 2.05) is 20.8 Å². The van der Waals surface area contributed by atoms with Crippen molar-refractivity contribution in [1.82, 2.24) is 15.1 Å². The van der Waals surface area contributed by atoms with E-state index in [2.05, 4.69) is 60.2 Å². The number of rotatable bonds is 4. The molecular formula is C23H37IN4O3. The molecule has 0 radical (unpaired) electrons. The van der Waals surface area contributed by atoms with Crippen LogP contribution in [0.3, 0.4) is 0 Å². The first-order chi connectivity index (χ1) is 14.0. The Morgan fingerprint density at radius 1 is 1.13 bits per heavy atom. The van der Waals surface area contributed by atoms with Crippen molar-refractivity contribution < 1.29 is 14.3 Å². The lowest BCUT2D eigenvalue weighted by atomic mass is 10.1. The van der Waals surface area contributed by atoms with E-state index in [0.29, 0.717) is 32.8 Å². The Balaban J connectivity index is 0.00000341. The van der Waals surface area contributed by atoms with Gasteiger partial charge < -0.3 is 24.6 Å². The maximum Gasteiger partial charge on any atom is 0.410 e. The van der Waals surface area contributed by atoms with Gasteiger partial charge in [0.1, 0.15) is 5.60 Å². The molecule has 3 rings (SSSR count). The predicted octanol–water partition coefficient (Wildman–Crippen LogP) is 4.00.